The summed E-state index contributed by atoms with van der Waals surface area (Å²) in [5.41, 5.74) is 3.29. The second-order valence-corrected chi connectivity index (χ2v) is 7.81. The lowest BCUT2D eigenvalue weighted by atomic mass is 9.81. The van der Waals surface area contributed by atoms with Gasteiger partial charge in [0, 0.05) is 11.1 Å². The zero-order valence-corrected chi connectivity index (χ0v) is 18.5. The van der Waals surface area contributed by atoms with Crippen LogP contribution in [0.25, 0.3) is 12.2 Å². The summed E-state index contributed by atoms with van der Waals surface area (Å²) in [5, 5.41) is 19.4. The number of phenolic OH excluding ortho intramolecular Hbond substituents is 2. The molecule has 0 spiro atoms. The molecule has 0 amide bonds. The van der Waals surface area contributed by atoms with Crippen LogP contribution in [0.5, 0.6) is 23.0 Å². The molecule has 0 bridgehead atoms. The van der Waals surface area contributed by atoms with E-state index < -0.39 is 0 Å². The fourth-order valence-electron chi connectivity index (χ4n) is 3.65. The molecule has 5 heteroatoms. The number of ether oxygens (including phenoxy) is 2. The van der Waals surface area contributed by atoms with Gasteiger partial charge in [0.2, 0.25) is 0 Å². The maximum Gasteiger partial charge on any atom is 0.185 e. The molecular weight excluding hydrogens is 404 g/mol. The van der Waals surface area contributed by atoms with Gasteiger partial charge in [0.15, 0.2) is 28.8 Å². The molecule has 2 aromatic carbocycles. The molecule has 32 heavy (non-hydrogen) atoms. The fraction of sp³-hybridized carbons (Fsp3) is 0.222. The molecule has 1 fully saturated rings. The highest BCUT2D eigenvalue weighted by molar-refractivity contribution is 6.09. The molecule has 166 valence electrons. The second kappa shape index (κ2) is 10.5. The number of benzene rings is 2. The molecular formula is C27H28O5. The van der Waals surface area contributed by atoms with Gasteiger partial charge < -0.3 is 19.7 Å². The third kappa shape index (κ3) is 5.70. The minimum absolute atomic E-state index is 0.0592. The molecule has 0 aliphatic heterocycles. The van der Waals surface area contributed by atoms with Crippen LogP contribution in [0, 0.1) is 5.92 Å². The maximum absolute atomic E-state index is 12.9. The van der Waals surface area contributed by atoms with Crippen LogP contribution in [0.3, 0.4) is 0 Å². The van der Waals surface area contributed by atoms with Gasteiger partial charge in [0.05, 0.1) is 14.2 Å². The van der Waals surface area contributed by atoms with E-state index in [1.54, 1.807) is 36.4 Å². The van der Waals surface area contributed by atoms with Crippen LogP contribution in [0.4, 0.5) is 0 Å². The zero-order valence-electron chi connectivity index (χ0n) is 18.5. The van der Waals surface area contributed by atoms with Crippen molar-refractivity contribution in [2.75, 3.05) is 14.2 Å². The molecule has 1 aliphatic carbocycles. The van der Waals surface area contributed by atoms with Gasteiger partial charge in [-0.1, -0.05) is 55.5 Å². The first-order chi connectivity index (χ1) is 15.4. The van der Waals surface area contributed by atoms with E-state index >= 15 is 0 Å². The lowest BCUT2D eigenvalue weighted by Gasteiger charge is -2.21. The van der Waals surface area contributed by atoms with Gasteiger partial charge in [0.1, 0.15) is 0 Å². The minimum atomic E-state index is 0.0592. The Labute approximate surface area is 188 Å². The van der Waals surface area contributed by atoms with Crippen LogP contribution in [-0.2, 0) is 4.79 Å². The van der Waals surface area contributed by atoms with Crippen LogP contribution in [0.2, 0.25) is 0 Å². The average Bonchev–Trinajstić information content (AvgIpc) is 2.78. The Morgan fingerprint density at radius 2 is 1.25 bits per heavy atom. The molecule has 2 aromatic rings. The Bertz CT molecular complexity index is 1020. The summed E-state index contributed by atoms with van der Waals surface area (Å²) in [6.07, 6.45) is 12.7. The zero-order chi connectivity index (χ0) is 23.1. The van der Waals surface area contributed by atoms with Gasteiger partial charge >= 0.3 is 0 Å². The van der Waals surface area contributed by atoms with Gasteiger partial charge in [-0.25, -0.2) is 0 Å². The Balaban J connectivity index is 1.75. The predicted octanol–water partition coefficient (Wildman–Crippen LogP) is 5.69. The molecule has 2 N–H and O–H groups in total. The van der Waals surface area contributed by atoms with Crippen molar-refractivity contribution >= 4 is 17.9 Å². The Kier molecular flexibility index (Phi) is 7.55. The summed E-state index contributed by atoms with van der Waals surface area (Å²) < 4.78 is 10.3. The minimum Gasteiger partial charge on any atom is -0.504 e. The standard InChI is InChI=1S/C27H28O5/c1-18-14-21(8-4-6-19-10-12-23(28)25(16-19)31-2)27(30)22(15-18)9-5-7-20-11-13-24(29)26(17-20)32-3/h4-13,16-18,28-29H,14-15H2,1-3H3. The Hall–Kier alpha value is -3.73. The monoisotopic (exact) mass is 432 g/mol. The Morgan fingerprint density at radius 1 is 0.812 bits per heavy atom. The van der Waals surface area contributed by atoms with Gasteiger partial charge in [-0.2, -0.15) is 0 Å². The third-order valence-electron chi connectivity index (χ3n) is 5.30. The first-order valence-electron chi connectivity index (χ1n) is 10.4. The summed E-state index contributed by atoms with van der Waals surface area (Å²) in [5.74, 6) is 1.43. The third-order valence-corrected chi connectivity index (χ3v) is 5.30. The summed E-state index contributed by atoms with van der Waals surface area (Å²) in [6.45, 7) is 2.14. The van der Waals surface area contributed by atoms with E-state index in [9.17, 15) is 15.0 Å². The summed E-state index contributed by atoms with van der Waals surface area (Å²) in [7, 11) is 3.01. The van der Waals surface area contributed by atoms with Crippen molar-refractivity contribution in [3.05, 3.63) is 83.0 Å². The quantitative estimate of drug-likeness (QED) is 0.573. The van der Waals surface area contributed by atoms with Crippen molar-refractivity contribution < 1.29 is 24.5 Å². The number of hydrogen-bond acceptors (Lipinski definition) is 5. The van der Waals surface area contributed by atoms with Crippen LogP contribution in [0.15, 0.2) is 71.8 Å². The van der Waals surface area contributed by atoms with Crippen LogP contribution in [0.1, 0.15) is 30.9 Å². The Morgan fingerprint density at radius 3 is 1.66 bits per heavy atom. The van der Waals surface area contributed by atoms with Crippen molar-refractivity contribution in [3.8, 4) is 23.0 Å². The van der Waals surface area contributed by atoms with Gasteiger partial charge in [0.25, 0.3) is 0 Å². The molecule has 1 aliphatic rings. The molecule has 0 unspecified atom stereocenters. The van der Waals surface area contributed by atoms with E-state index in [2.05, 4.69) is 6.92 Å². The van der Waals surface area contributed by atoms with Crippen LogP contribution in [-0.4, -0.2) is 30.2 Å². The number of carbonyl (C=O) groups is 1. The SMILES string of the molecule is COc1cc(C=CC=C2CC(C)CC(=CC=Cc3ccc(O)c(OC)c3)C2=O)ccc1O. The topological polar surface area (TPSA) is 76.0 Å². The van der Waals surface area contributed by atoms with E-state index in [4.69, 9.17) is 9.47 Å². The smallest absolute Gasteiger partial charge is 0.185 e. The number of methoxy groups -OCH3 is 2. The highest BCUT2D eigenvalue weighted by atomic mass is 16.5. The first-order valence-corrected chi connectivity index (χ1v) is 10.4. The van der Waals surface area contributed by atoms with Gasteiger partial charge in [-0.05, 0) is 54.2 Å². The molecule has 3 rings (SSSR count). The molecule has 0 radical (unpaired) electrons. The summed E-state index contributed by atoms with van der Waals surface area (Å²) in [6, 6.07) is 10.2. The van der Waals surface area contributed by atoms with E-state index in [0.717, 1.165) is 35.1 Å². The normalized spacial score (nSPS) is 19.3. The number of Topliss-reactive ketones (excluding diaryl/α,β-unsaturated/α-hetero) is 1. The first kappa shape index (κ1) is 22.9. The van der Waals surface area contributed by atoms with Crippen molar-refractivity contribution in [1.29, 1.82) is 0 Å². The van der Waals surface area contributed by atoms with Crippen molar-refractivity contribution in [2.45, 2.75) is 19.8 Å². The molecule has 1 saturated carbocycles. The lowest BCUT2D eigenvalue weighted by Crippen LogP contribution is -2.18. The number of aromatic hydroxyl groups is 2. The van der Waals surface area contributed by atoms with Crippen LogP contribution < -0.4 is 9.47 Å². The largest absolute Gasteiger partial charge is 0.504 e. The van der Waals surface area contributed by atoms with E-state index in [-0.39, 0.29) is 17.3 Å². The highest BCUT2D eigenvalue weighted by Gasteiger charge is 2.24. The van der Waals surface area contributed by atoms with Crippen molar-refractivity contribution in [3.63, 3.8) is 0 Å². The number of rotatable bonds is 6. The average molecular weight is 433 g/mol. The number of hydrogen-bond donors (Lipinski definition) is 2. The number of phenols is 2. The molecule has 5 nitrogen and oxygen atoms in total. The lowest BCUT2D eigenvalue weighted by molar-refractivity contribution is -0.113. The molecule has 0 aromatic heterocycles. The van der Waals surface area contributed by atoms with E-state index in [0.29, 0.717) is 17.4 Å². The van der Waals surface area contributed by atoms with E-state index in [1.165, 1.54) is 14.2 Å². The molecule has 0 saturated heterocycles. The molecule has 0 heterocycles. The summed E-state index contributed by atoms with van der Waals surface area (Å²) in [4.78, 5) is 12.9. The van der Waals surface area contributed by atoms with Crippen molar-refractivity contribution in [2.24, 2.45) is 5.92 Å². The van der Waals surface area contributed by atoms with Crippen molar-refractivity contribution in [1.82, 2.24) is 0 Å². The fourth-order valence-corrected chi connectivity index (χ4v) is 3.65. The number of allylic oxidation sites excluding steroid dienone is 6. The predicted molar refractivity (Wildman–Crippen MR) is 127 cm³/mol. The number of ketones is 1. The highest BCUT2D eigenvalue weighted by Crippen LogP contribution is 2.31. The maximum atomic E-state index is 12.9. The number of carbonyl (C=O) groups excluding carboxylic acids is 1. The van der Waals surface area contributed by atoms with Gasteiger partial charge in [-0.3, -0.25) is 4.79 Å². The second-order valence-electron chi connectivity index (χ2n) is 7.81. The van der Waals surface area contributed by atoms with E-state index in [1.807, 2.05) is 36.5 Å². The molecule has 0 atom stereocenters. The summed E-state index contributed by atoms with van der Waals surface area (Å²) >= 11 is 0. The van der Waals surface area contributed by atoms with Crippen LogP contribution >= 0.6 is 0 Å². The van der Waals surface area contributed by atoms with Gasteiger partial charge in [-0.15, -0.1) is 0 Å².